The quantitative estimate of drug-likeness (QED) is 0.726. The summed E-state index contributed by atoms with van der Waals surface area (Å²) >= 11 is 7.28. The largest absolute Gasteiger partial charge is 0.352 e. The van der Waals surface area contributed by atoms with Gasteiger partial charge in [-0.15, -0.1) is 0 Å². The Bertz CT molecular complexity index is 712. The summed E-state index contributed by atoms with van der Waals surface area (Å²) in [6.07, 6.45) is 0.908. The molecule has 0 spiro atoms. The molecular formula is C17H15Br2NO. The minimum absolute atomic E-state index is 0.0322. The monoisotopic (exact) mass is 407 g/mol. The third-order valence-electron chi connectivity index (χ3n) is 3.83. The lowest BCUT2D eigenvalue weighted by atomic mass is 9.95. The second-order valence-electron chi connectivity index (χ2n) is 5.29. The van der Waals surface area contributed by atoms with Gasteiger partial charge in [0.1, 0.15) is 0 Å². The van der Waals surface area contributed by atoms with Crippen molar-refractivity contribution in [1.29, 1.82) is 0 Å². The highest BCUT2D eigenvalue weighted by atomic mass is 79.9. The molecule has 0 aromatic heterocycles. The molecule has 1 heterocycles. The Morgan fingerprint density at radius 1 is 1.14 bits per heavy atom. The molecule has 108 valence electrons. The minimum Gasteiger partial charge on any atom is -0.352 e. The number of fused-ring (bicyclic) bond motifs is 1. The highest BCUT2D eigenvalue weighted by Crippen LogP contribution is 2.34. The van der Waals surface area contributed by atoms with E-state index >= 15 is 0 Å². The predicted molar refractivity (Wildman–Crippen MR) is 92.1 cm³/mol. The molecule has 1 N–H and O–H groups in total. The van der Waals surface area contributed by atoms with E-state index in [4.69, 9.17) is 0 Å². The van der Waals surface area contributed by atoms with Gasteiger partial charge in [-0.3, -0.25) is 4.79 Å². The van der Waals surface area contributed by atoms with E-state index in [1.54, 1.807) is 0 Å². The fourth-order valence-corrected chi connectivity index (χ4v) is 3.42. The summed E-state index contributed by atoms with van der Waals surface area (Å²) in [5.41, 5.74) is 5.43. The van der Waals surface area contributed by atoms with Crippen LogP contribution in [0.25, 0.3) is 0 Å². The summed E-state index contributed by atoms with van der Waals surface area (Å²) in [4.78, 5) is 12.1. The Morgan fingerprint density at radius 3 is 2.62 bits per heavy atom. The van der Waals surface area contributed by atoms with Crippen LogP contribution < -0.4 is 5.32 Å². The van der Waals surface area contributed by atoms with Gasteiger partial charge < -0.3 is 5.32 Å². The first kappa shape index (κ1) is 14.8. The molecule has 1 atom stereocenters. The molecule has 2 aromatic rings. The van der Waals surface area contributed by atoms with Gasteiger partial charge in [-0.1, -0.05) is 56.1 Å². The average molecular weight is 409 g/mol. The van der Waals surface area contributed by atoms with Crippen LogP contribution in [0.1, 0.15) is 37.4 Å². The van der Waals surface area contributed by atoms with E-state index in [0.717, 1.165) is 34.1 Å². The lowest BCUT2D eigenvalue weighted by molar-refractivity contribution is 0.0946. The van der Waals surface area contributed by atoms with Crippen molar-refractivity contribution >= 4 is 37.8 Å². The zero-order valence-corrected chi connectivity index (χ0v) is 14.8. The first-order valence-corrected chi connectivity index (χ1v) is 8.58. The summed E-state index contributed by atoms with van der Waals surface area (Å²) in [5, 5.41) is 2.90. The van der Waals surface area contributed by atoms with Crippen molar-refractivity contribution in [2.45, 2.75) is 18.2 Å². The molecule has 3 rings (SSSR count). The van der Waals surface area contributed by atoms with Crippen molar-refractivity contribution in [3.05, 3.63) is 68.7 Å². The first-order chi connectivity index (χ1) is 10.1. The van der Waals surface area contributed by atoms with Gasteiger partial charge in [0.05, 0.1) is 4.83 Å². The molecule has 0 fully saturated rings. The normalized spacial score (nSPS) is 15.3. The van der Waals surface area contributed by atoms with Crippen molar-refractivity contribution in [2.75, 3.05) is 6.54 Å². The molecular weight excluding hydrogens is 394 g/mol. The number of aryl methyl sites for hydroxylation is 1. The summed E-state index contributed by atoms with van der Waals surface area (Å²) in [6.45, 7) is 2.81. The zero-order chi connectivity index (χ0) is 15.0. The maximum atomic E-state index is 12.0. The number of carbonyl (C=O) groups is 1. The highest BCUT2D eigenvalue weighted by Gasteiger charge is 2.19. The van der Waals surface area contributed by atoms with Gasteiger partial charge in [0.25, 0.3) is 5.91 Å². The van der Waals surface area contributed by atoms with Crippen LogP contribution in [0.4, 0.5) is 0 Å². The molecule has 0 saturated carbocycles. The van der Waals surface area contributed by atoms with Gasteiger partial charge in [0.2, 0.25) is 0 Å². The van der Waals surface area contributed by atoms with Crippen LogP contribution in [0, 0.1) is 6.92 Å². The van der Waals surface area contributed by atoms with E-state index in [1.165, 1.54) is 11.1 Å². The number of amides is 1. The van der Waals surface area contributed by atoms with E-state index in [-0.39, 0.29) is 10.7 Å². The van der Waals surface area contributed by atoms with E-state index in [1.807, 2.05) is 6.07 Å². The van der Waals surface area contributed by atoms with Crippen molar-refractivity contribution in [3.63, 3.8) is 0 Å². The van der Waals surface area contributed by atoms with Crippen molar-refractivity contribution < 1.29 is 4.79 Å². The molecule has 1 unspecified atom stereocenters. The molecule has 0 saturated heterocycles. The van der Waals surface area contributed by atoms with Crippen LogP contribution in [-0.2, 0) is 6.42 Å². The molecule has 2 aromatic carbocycles. The molecule has 0 aliphatic carbocycles. The van der Waals surface area contributed by atoms with E-state index < -0.39 is 0 Å². The smallest absolute Gasteiger partial charge is 0.251 e. The Kier molecular flexibility index (Phi) is 4.18. The molecule has 0 bridgehead atoms. The molecule has 21 heavy (non-hydrogen) atoms. The molecule has 1 aliphatic heterocycles. The van der Waals surface area contributed by atoms with E-state index in [0.29, 0.717) is 0 Å². The van der Waals surface area contributed by atoms with Gasteiger partial charge >= 0.3 is 0 Å². The number of hydrogen-bond acceptors (Lipinski definition) is 1. The van der Waals surface area contributed by atoms with Crippen LogP contribution in [0.5, 0.6) is 0 Å². The Balaban J connectivity index is 1.98. The Hall–Kier alpha value is -1.13. The molecule has 1 amide bonds. The molecule has 0 radical (unpaired) electrons. The molecule has 1 aliphatic rings. The van der Waals surface area contributed by atoms with Crippen LogP contribution in [0.15, 0.2) is 40.9 Å². The minimum atomic E-state index is 0.0322. The fraction of sp³-hybridized carbons (Fsp3) is 0.235. The predicted octanol–water partition coefficient (Wildman–Crippen LogP) is 4.53. The Morgan fingerprint density at radius 2 is 1.86 bits per heavy atom. The third kappa shape index (κ3) is 2.92. The second-order valence-corrected chi connectivity index (χ2v) is 7.06. The van der Waals surface area contributed by atoms with Crippen LogP contribution in [0.2, 0.25) is 0 Å². The van der Waals surface area contributed by atoms with Crippen molar-refractivity contribution in [2.24, 2.45) is 0 Å². The fourth-order valence-electron chi connectivity index (χ4n) is 2.61. The standard InChI is InChI=1S/C17H15Br2NO/c1-10-8-12(4-5-15(10)18)16(19)13-3-2-11-6-7-20-17(21)14(11)9-13/h2-5,8-9,16H,6-7H2,1H3,(H,20,21). The maximum Gasteiger partial charge on any atom is 0.251 e. The summed E-state index contributed by atoms with van der Waals surface area (Å²) in [6, 6.07) is 12.5. The van der Waals surface area contributed by atoms with E-state index in [9.17, 15) is 4.79 Å². The van der Waals surface area contributed by atoms with Gasteiger partial charge in [-0.05, 0) is 47.7 Å². The van der Waals surface area contributed by atoms with Gasteiger partial charge in [0, 0.05) is 16.6 Å². The second kappa shape index (κ2) is 5.93. The van der Waals surface area contributed by atoms with Crippen LogP contribution >= 0.6 is 31.9 Å². The summed E-state index contributed by atoms with van der Waals surface area (Å²) in [5.74, 6) is 0.0322. The molecule has 4 heteroatoms. The van der Waals surface area contributed by atoms with Crippen molar-refractivity contribution in [3.8, 4) is 0 Å². The van der Waals surface area contributed by atoms with Crippen molar-refractivity contribution in [1.82, 2.24) is 5.32 Å². The number of alkyl halides is 1. The SMILES string of the molecule is Cc1cc(C(Br)c2ccc3c(c2)C(=O)NCC3)ccc1Br. The number of nitrogens with one attached hydrogen (secondary N) is 1. The third-order valence-corrected chi connectivity index (χ3v) is 5.77. The first-order valence-electron chi connectivity index (χ1n) is 6.87. The maximum absolute atomic E-state index is 12.0. The van der Waals surface area contributed by atoms with Gasteiger partial charge in [0.15, 0.2) is 0 Å². The number of carbonyl (C=O) groups excluding carboxylic acids is 1. The topological polar surface area (TPSA) is 29.1 Å². The number of benzene rings is 2. The summed E-state index contributed by atoms with van der Waals surface area (Å²) < 4.78 is 1.11. The number of hydrogen-bond donors (Lipinski definition) is 1. The average Bonchev–Trinajstić information content (AvgIpc) is 2.49. The lowest BCUT2D eigenvalue weighted by Crippen LogP contribution is -2.31. The van der Waals surface area contributed by atoms with Gasteiger partial charge in [-0.2, -0.15) is 0 Å². The van der Waals surface area contributed by atoms with Crippen LogP contribution in [0.3, 0.4) is 0 Å². The number of halogens is 2. The number of rotatable bonds is 2. The Labute approximate surface area is 141 Å². The molecule has 2 nitrogen and oxygen atoms in total. The van der Waals surface area contributed by atoms with Gasteiger partial charge in [-0.25, -0.2) is 0 Å². The lowest BCUT2D eigenvalue weighted by Gasteiger charge is -2.19. The zero-order valence-electron chi connectivity index (χ0n) is 11.6. The summed E-state index contributed by atoms with van der Waals surface area (Å²) in [7, 11) is 0. The highest BCUT2D eigenvalue weighted by molar-refractivity contribution is 9.10. The van der Waals surface area contributed by atoms with Crippen LogP contribution in [-0.4, -0.2) is 12.5 Å². The van der Waals surface area contributed by atoms with E-state index in [2.05, 4.69) is 74.4 Å².